The maximum atomic E-state index is 5.29. The fraction of sp³-hybridized carbons (Fsp3) is 0.636. The lowest BCUT2D eigenvalue weighted by Gasteiger charge is -2.29. The highest BCUT2D eigenvalue weighted by Crippen LogP contribution is 2.31. The van der Waals surface area contributed by atoms with E-state index >= 15 is 0 Å². The van der Waals surface area contributed by atoms with Gasteiger partial charge in [-0.3, -0.25) is 5.43 Å². The lowest BCUT2D eigenvalue weighted by atomic mass is 9.76. The molecule has 1 aliphatic carbocycles. The van der Waals surface area contributed by atoms with E-state index in [2.05, 4.69) is 49.6 Å². The molecule has 0 aromatic rings. The van der Waals surface area contributed by atoms with Gasteiger partial charge in [0.25, 0.3) is 0 Å². The van der Waals surface area contributed by atoms with Crippen molar-refractivity contribution in [3.05, 3.63) is 11.6 Å². The molecule has 0 radical (unpaired) electrons. The number of thiocarbonyl (C=S) groups is 1. The molecule has 15 heavy (non-hydrogen) atoms. The normalized spacial score (nSPS) is 31.4. The summed E-state index contributed by atoms with van der Waals surface area (Å²) < 4.78 is 0. The van der Waals surface area contributed by atoms with Crippen molar-refractivity contribution < 1.29 is 0 Å². The second-order valence-corrected chi connectivity index (χ2v) is 4.82. The van der Waals surface area contributed by atoms with Gasteiger partial charge in [0, 0.05) is 12.1 Å². The first-order valence-corrected chi connectivity index (χ1v) is 5.67. The molecule has 0 amide bonds. The molecule has 0 saturated heterocycles. The zero-order chi connectivity index (χ0) is 11.4. The van der Waals surface area contributed by atoms with Gasteiger partial charge in [0.2, 0.25) is 0 Å². The molecule has 3 nitrogen and oxygen atoms in total. The fourth-order valence-corrected chi connectivity index (χ4v) is 2.31. The predicted octanol–water partition coefficient (Wildman–Crippen LogP) is 2.04. The summed E-state index contributed by atoms with van der Waals surface area (Å²) in [5.41, 5.74) is 9.37. The van der Waals surface area contributed by atoms with E-state index in [1.165, 1.54) is 5.57 Å². The van der Waals surface area contributed by atoms with Crippen molar-refractivity contribution >= 4 is 23.5 Å². The third-order valence-electron chi connectivity index (χ3n) is 2.88. The van der Waals surface area contributed by atoms with Crippen LogP contribution in [-0.2, 0) is 0 Å². The second-order valence-electron chi connectivity index (χ2n) is 4.39. The molecule has 0 saturated carbocycles. The average Bonchev–Trinajstić information content (AvgIpc) is 2.08. The van der Waals surface area contributed by atoms with E-state index in [-0.39, 0.29) is 5.11 Å². The smallest absolute Gasteiger partial charge is 0.184 e. The maximum absolute atomic E-state index is 5.29. The summed E-state index contributed by atoms with van der Waals surface area (Å²) in [7, 11) is 0. The molecule has 0 aliphatic heterocycles. The van der Waals surface area contributed by atoms with E-state index in [0.29, 0.717) is 17.8 Å². The Balaban J connectivity index is 2.61. The summed E-state index contributed by atoms with van der Waals surface area (Å²) in [4.78, 5) is 0. The maximum Gasteiger partial charge on any atom is 0.184 e. The number of nitrogens with one attached hydrogen (secondary N) is 1. The minimum Gasteiger partial charge on any atom is -0.375 e. The summed E-state index contributed by atoms with van der Waals surface area (Å²) in [5, 5.41) is 4.27. The molecular weight excluding hydrogens is 206 g/mol. The highest BCUT2D eigenvalue weighted by atomic mass is 32.1. The van der Waals surface area contributed by atoms with Gasteiger partial charge in [0.05, 0.1) is 0 Å². The highest BCUT2D eigenvalue weighted by Gasteiger charge is 2.25. The van der Waals surface area contributed by atoms with Crippen molar-refractivity contribution in [3.63, 3.8) is 0 Å². The van der Waals surface area contributed by atoms with Crippen LogP contribution >= 0.6 is 12.2 Å². The van der Waals surface area contributed by atoms with Crippen molar-refractivity contribution in [1.82, 2.24) is 5.43 Å². The standard InChI is InChI=1S/C11H19N3S/c1-7-4-8(2)10(9(3)5-7)6-13-14-11(12)15/h4,6,8-10H,5H2,1-3H3,(H3,12,14,15)/b13-6-/t8-,9-,10+/m1/s1. The molecule has 0 bridgehead atoms. The van der Waals surface area contributed by atoms with Crippen LogP contribution in [0.25, 0.3) is 0 Å². The van der Waals surface area contributed by atoms with Gasteiger partial charge in [0.1, 0.15) is 0 Å². The van der Waals surface area contributed by atoms with Crippen LogP contribution in [0.1, 0.15) is 27.2 Å². The Bertz CT molecular complexity index is 296. The lowest BCUT2D eigenvalue weighted by Crippen LogP contribution is -2.28. The third kappa shape index (κ3) is 3.63. The number of nitrogens with zero attached hydrogens (tertiary/aromatic N) is 1. The summed E-state index contributed by atoms with van der Waals surface area (Å²) in [6, 6.07) is 0. The van der Waals surface area contributed by atoms with Crippen molar-refractivity contribution in [2.75, 3.05) is 0 Å². The third-order valence-corrected chi connectivity index (χ3v) is 2.97. The van der Waals surface area contributed by atoms with Crippen LogP contribution in [0.4, 0.5) is 0 Å². The van der Waals surface area contributed by atoms with Gasteiger partial charge in [-0.25, -0.2) is 0 Å². The molecule has 84 valence electrons. The predicted molar refractivity (Wildman–Crippen MR) is 68.6 cm³/mol. The van der Waals surface area contributed by atoms with Gasteiger partial charge in [-0.2, -0.15) is 5.10 Å². The molecule has 0 spiro atoms. The monoisotopic (exact) mass is 225 g/mol. The summed E-state index contributed by atoms with van der Waals surface area (Å²) in [6.07, 6.45) is 5.39. The van der Waals surface area contributed by atoms with Crippen LogP contribution in [0.5, 0.6) is 0 Å². The highest BCUT2D eigenvalue weighted by molar-refractivity contribution is 7.80. The Morgan fingerprint density at radius 3 is 2.87 bits per heavy atom. The molecule has 1 rings (SSSR count). The number of hydrazone groups is 1. The summed E-state index contributed by atoms with van der Waals surface area (Å²) >= 11 is 4.68. The fourth-order valence-electron chi connectivity index (χ4n) is 2.26. The van der Waals surface area contributed by atoms with E-state index in [9.17, 15) is 0 Å². The topological polar surface area (TPSA) is 50.4 Å². The van der Waals surface area contributed by atoms with Crippen LogP contribution in [0, 0.1) is 17.8 Å². The average molecular weight is 225 g/mol. The van der Waals surface area contributed by atoms with Gasteiger partial charge >= 0.3 is 0 Å². The van der Waals surface area contributed by atoms with Gasteiger partial charge < -0.3 is 5.73 Å². The van der Waals surface area contributed by atoms with Crippen LogP contribution in [0.15, 0.2) is 16.8 Å². The quantitative estimate of drug-likeness (QED) is 0.327. The Hall–Kier alpha value is -0.900. The van der Waals surface area contributed by atoms with Crippen molar-refractivity contribution in [1.29, 1.82) is 0 Å². The Morgan fingerprint density at radius 1 is 1.67 bits per heavy atom. The van der Waals surface area contributed by atoms with Crippen LogP contribution in [-0.4, -0.2) is 11.3 Å². The van der Waals surface area contributed by atoms with Crippen molar-refractivity contribution in [3.8, 4) is 0 Å². The molecule has 0 aromatic heterocycles. The van der Waals surface area contributed by atoms with E-state index in [1.807, 2.05) is 6.21 Å². The van der Waals surface area contributed by atoms with Crippen molar-refractivity contribution in [2.24, 2.45) is 28.6 Å². The van der Waals surface area contributed by atoms with Gasteiger partial charge in [0.15, 0.2) is 5.11 Å². The molecule has 0 fully saturated rings. The number of allylic oxidation sites excluding steroid dienone is 2. The molecule has 3 atom stereocenters. The molecular formula is C11H19N3S. The lowest BCUT2D eigenvalue weighted by molar-refractivity contribution is 0.362. The molecule has 0 heterocycles. The Labute approximate surface area is 96.8 Å². The first-order chi connectivity index (χ1) is 7.00. The van der Waals surface area contributed by atoms with E-state index in [4.69, 9.17) is 5.73 Å². The van der Waals surface area contributed by atoms with Gasteiger partial charge in [-0.15, -0.1) is 0 Å². The number of hydrogen-bond acceptors (Lipinski definition) is 2. The van der Waals surface area contributed by atoms with E-state index < -0.39 is 0 Å². The zero-order valence-electron chi connectivity index (χ0n) is 9.53. The summed E-state index contributed by atoms with van der Waals surface area (Å²) in [6.45, 7) is 6.66. The Morgan fingerprint density at radius 2 is 2.33 bits per heavy atom. The van der Waals surface area contributed by atoms with Crippen LogP contribution in [0.2, 0.25) is 0 Å². The zero-order valence-corrected chi connectivity index (χ0v) is 10.3. The number of rotatable bonds is 2. The van der Waals surface area contributed by atoms with Gasteiger partial charge in [-0.1, -0.05) is 25.5 Å². The molecule has 4 heteroatoms. The van der Waals surface area contributed by atoms with E-state index in [0.717, 1.165) is 6.42 Å². The number of nitrogens with two attached hydrogens (primary N) is 1. The first-order valence-electron chi connectivity index (χ1n) is 5.26. The van der Waals surface area contributed by atoms with Crippen molar-refractivity contribution in [2.45, 2.75) is 27.2 Å². The second kappa shape index (κ2) is 5.26. The minimum atomic E-state index is 0.217. The molecule has 1 aliphatic rings. The SMILES string of the molecule is CC1=C[C@@H](C)[C@H](/C=N\NC(N)=S)[C@H](C)C1. The molecule has 3 N–H and O–H groups in total. The molecule has 0 aromatic carbocycles. The number of hydrogen-bond donors (Lipinski definition) is 2. The first kappa shape index (κ1) is 12.2. The Kier molecular flexibility index (Phi) is 4.27. The van der Waals surface area contributed by atoms with Crippen LogP contribution < -0.4 is 11.2 Å². The van der Waals surface area contributed by atoms with Crippen LogP contribution in [0.3, 0.4) is 0 Å². The molecule has 0 unspecified atom stereocenters. The summed E-state index contributed by atoms with van der Waals surface area (Å²) in [5.74, 6) is 1.63. The largest absolute Gasteiger partial charge is 0.375 e. The van der Waals surface area contributed by atoms with E-state index in [1.54, 1.807) is 0 Å². The minimum absolute atomic E-state index is 0.217. The van der Waals surface area contributed by atoms with Gasteiger partial charge in [-0.05, 0) is 37.4 Å².